The largest absolute Gasteiger partial charge is 0.381 e. The van der Waals surface area contributed by atoms with Crippen LogP contribution in [0.1, 0.15) is 10.4 Å². The Bertz CT molecular complexity index is 687. The molecule has 0 saturated heterocycles. The Kier molecular flexibility index (Phi) is 5.04. The number of hydrogen-bond donors (Lipinski definition) is 2. The molecule has 1 amide bonds. The summed E-state index contributed by atoms with van der Waals surface area (Å²) < 4.78 is 1.65. The van der Waals surface area contributed by atoms with Gasteiger partial charge in [0.05, 0.1) is 17.4 Å². The third kappa shape index (κ3) is 3.88. The van der Waals surface area contributed by atoms with E-state index in [1.807, 2.05) is 0 Å². The molecule has 0 aliphatic heterocycles. The molecule has 2 rings (SSSR count). The molecule has 7 nitrogen and oxygen atoms in total. The number of hydrogen-bond acceptors (Lipinski definition) is 5. The van der Waals surface area contributed by atoms with Gasteiger partial charge in [-0.25, -0.2) is 4.68 Å². The van der Waals surface area contributed by atoms with Crippen molar-refractivity contribution in [3.63, 3.8) is 0 Å². The maximum Gasteiger partial charge on any atom is 0.282 e. The lowest BCUT2D eigenvalue weighted by atomic mass is 10.3. The molecule has 0 bridgehead atoms. The van der Waals surface area contributed by atoms with Crippen molar-refractivity contribution in [2.24, 2.45) is 7.05 Å². The monoisotopic (exact) mass is 351 g/mol. The summed E-state index contributed by atoms with van der Waals surface area (Å²) in [7, 11) is 1.57. The molecule has 2 aromatic rings. The van der Waals surface area contributed by atoms with E-state index >= 15 is 0 Å². The van der Waals surface area contributed by atoms with Crippen LogP contribution in [0.2, 0.25) is 0 Å². The number of halogens is 1. The third-order valence-corrected chi connectivity index (χ3v) is 3.49. The summed E-state index contributed by atoms with van der Waals surface area (Å²) in [5.41, 5.74) is 0.877. The fourth-order valence-electron chi connectivity index (χ4n) is 1.61. The standard InChI is InChI=1S/C13H14BrN5O2/c1-19-13(21)11(14)10(8-18-19)16-5-6-17-12(20)9-3-2-4-15-7-9/h2-4,7-8,16H,5-6H2,1H3,(H,17,20). The van der Waals surface area contributed by atoms with Crippen molar-refractivity contribution in [2.75, 3.05) is 18.4 Å². The lowest BCUT2D eigenvalue weighted by Crippen LogP contribution is -2.29. The highest BCUT2D eigenvalue weighted by Crippen LogP contribution is 2.14. The number of carbonyl (C=O) groups is 1. The van der Waals surface area contributed by atoms with Crippen molar-refractivity contribution in [1.29, 1.82) is 0 Å². The Hall–Kier alpha value is -2.22. The van der Waals surface area contributed by atoms with Crippen LogP contribution in [0.15, 0.2) is 40.0 Å². The van der Waals surface area contributed by atoms with Gasteiger partial charge in [-0.3, -0.25) is 14.6 Å². The van der Waals surface area contributed by atoms with Gasteiger partial charge in [-0.2, -0.15) is 5.10 Å². The first-order valence-electron chi connectivity index (χ1n) is 6.23. The second kappa shape index (κ2) is 6.98. The minimum absolute atomic E-state index is 0.189. The average Bonchev–Trinajstić information content (AvgIpc) is 2.51. The van der Waals surface area contributed by atoms with Crippen LogP contribution in [0.5, 0.6) is 0 Å². The SMILES string of the molecule is Cn1ncc(NCCNC(=O)c2cccnc2)c(Br)c1=O. The predicted molar refractivity (Wildman–Crippen MR) is 82.2 cm³/mol. The zero-order valence-corrected chi connectivity index (χ0v) is 12.9. The van der Waals surface area contributed by atoms with Crippen LogP contribution in [-0.4, -0.2) is 33.8 Å². The molecule has 2 heterocycles. The Balaban J connectivity index is 1.84. The number of carbonyl (C=O) groups excluding carboxylic acids is 1. The van der Waals surface area contributed by atoms with Crippen molar-refractivity contribution in [3.05, 3.63) is 51.1 Å². The lowest BCUT2D eigenvalue weighted by molar-refractivity contribution is 0.0955. The second-order valence-corrected chi connectivity index (χ2v) is 5.02. The van der Waals surface area contributed by atoms with Crippen LogP contribution in [0, 0.1) is 0 Å². The van der Waals surface area contributed by atoms with Crippen molar-refractivity contribution in [3.8, 4) is 0 Å². The topological polar surface area (TPSA) is 88.9 Å². The quantitative estimate of drug-likeness (QED) is 0.777. The van der Waals surface area contributed by atoms with E-state index in [2.05, 4.69) is 36.6 Å². The molecule has 0 unspecified atom stereocenters. The molecule has 0 fully saturated rings. The number of nitrogens with zero attached hydrogens (tertiary/aromatic N) is 3. The number of rotatable bonds is 5. The summed E-state index contributed by atoms with van der Waals surface area (Å²) in [6.07, 6.45) is 4.66. The molecule has 0 saturated carbocycles. The summed E-state index contributed by atoms with van der Waals surface area (Å²) in [6, 6.07) is 3.40. The van der Waals surface area contributed by atoms with Gasteiger partial charge in [0, 0.05) is 32.5 Å². The van der Waals surface area contributed by atoms with E-state index in [-0.39, 0.29) is 11.5 Å². The molecule has 0 spiro atoms. The Morgan fingerprint density at radius 2 is 2.19 bits per heavy atom. The minimum Gasteiger partial charge on any atom is -0.381 e. The fraction of sp³-hybridized carbons (Fsp3) is 0.231. The van der Waals surface area contributed by atoms with Gasteiger partial charge in [-0.05, 0) is 28.1 Å². The van der Waals surface area contributed by atoms with Crippen molar-refractivity contribution in [1.82, 2.24) is 20.1 Å². The van der Waals surface area contributed by atoms with Gasteiger partial charge in [-0.15, -0.1) is 0 Å². The lowest BCUT2D eigenvalue weighted by Gasteiger charge is -2.09. The molecule has 2 aromatic heterocycles. The second-order valence-electron chi connectivity index (χ2n) is 4.23. The van der Waals surface area contributed by atoms with Gasteiger partial charge in [0.1, 0.15) is 4.47 Å². The van der Waals surface area contributed by atoms with Gasteiger partial charge in [0.2, 0.25) is 0 Å². The molecule has 0 radical (unpaired) electrons. The number of nitrogens with one attached hydrogen (secondary N) is 2. The van der Waals surface area contributed by atoms with Gasteiger partial charge in [0.25, 0.3) is 11.5 Å². The average molecular weight is 352 g/mol. The molecule has 21 heavy (non-hydrogen) atoms. The molecule has 0 aromatic carbocycles. The van der Waals surface area contributed by atoms with Crippen molar-refractivity contribution < 1.29 is 4.79 Å². The summed E-state index contributed by atoms with van der Waals surface area (Å²) in [4.78, 5) is 27.3. The zero-order chi connectivity index (χ0) is 15.2. The highest BCUT2D eigenvalue weighted by atomic mass is 79.9. The first-order chi connectivity index (χ1) is 10.1. The highest BCUT2D eigenvalue weighted by molar-refractivity contribution is 9.10. The molecule has 8 heteroatoms. The van der Waals surface area contributed by atoms with E-state index in [9.17, 15) is 9.59 Å². The van der Waals surface area contributed by atoms with Gasteiger partial charge < -0.3 is 10.6 Å². The molecule has 2 N–H and O–H groups in total. The smallest absolute Gasteiger partial charge is 0.282 e. The summed E-state index contributed by atoms with van der Waals surface area (Å²) in [6.45, 7) is 0.884. The molecule has 0 aliphatic carbocycles. The Morgan fingerprint density at radius 3 is 2.90 bits per heavy atom. The molecule has 0 aliphatic rings. The van der Waals surface area contributed by atoms with E-state index < -0.39 is 0 Å². The van der Waals surface area contributed by atoms with Gasteiger partial charge in [-0.1, -0.05) is 0 Å². The van der Waals surface area contributed by atoms with Crippen LogP contribution in [0.25, 0.3) is 0 Å². The highest BCUT2D eigenvalue weighted by Gasteiger charge is 2.07. The molecule has 0 atom stereocenters. The van der Waals surface area contributed by atoms with E-state index in [4.69, 9.17) is 0 Å². The summed E-state index contributed by atoms with van der Waals surface area (Å²) >= 11 is 3.22. The maximum atomic E-state index is 11.8. The van der Waals surface area contributed by atoms with Crippen LogP contribution >= 0.6 is 15.9 Å². The van der Waals surface area contributed by atoms with Crippen molar-refractivity contribution in [2.45, 2.75) is 0 Å². The number of anilines is 1. The first-order valence-corrected chi connectivity index (χ1v) is 7.03. The van der Waals surface area contributed by atoms with E-state index in [0.717, 1.165) is 0 Å². The predicted octanol–water partition coefficient (Wildman–Crippen LogP) is 0.780. The summed E-state index contributed by atoms with van der Waals surface area (Å²) in [5.74, 6) is -0.189. The Labute approximate surface area is 129 Å². The van der Waals surface area contributed by atoms with Crippen LogP contribution in [-0.2, 0) is 7.05 Å². The number of pyridine rings is 1. The molecular formula is C13H14BrN5O2. The minimum atomic E-state index is -0.223. The van der Waals surface area contributed by atoms with E-state index in [0.29, 0.717) is 28.8 Å². The van der Waals surface area contributed by atoms with Crippen molar-refractivity contribution >= 4 is 27.5 Å². The molecule has 110 valence electrons. The fourth-order valence-corrected chi connectivity index (χ4v) is 2.11. The third-order valence-electron chi connectivity index (χ3n) is 2.73. The van der Waals surface area contributed by atoms with Gasteiger partial charge in [0.15, 0.2) is 0 Å². The van der Waals surface area contributed by atoms with Crippen LogP contribution < -0.4 is 16.2 Å². The first kappa shape index (κ1) is 15.2. The van der Waals surface area contributed by atoms with E-state index in [1.54, 1.807) is 31.6 Å². The number of aromatic nitrogens is 3. The Morgan fingerprint density at radius 1 is 1.38 bits per heavy atom. The van der Waals surface area contributed by atoms with E-state index in [1.165, 1.54) is 10.9 Å². The van der Waals surface area contributed by atoms with Crippen LogP contribution in [0.3, 0.4) is 0 Å². The molecular weight excluding hydrogens is 338 g/mol. The van der Waals surface area contributed by atoms with Crippen LogP contribution in [0.4, 0.5) is 5.69 Å². The zero-order valence-electron chi connectivity index (χ0n) is 11.3. The summed E-state index contributed by atoms with van der Waals surface area (Å²) in [5, 5.41) is 9.71. The van der Waals surface area contributed by atoms with Gasteiger partial charge >= 0.3 is 0 Å². The number of aryl methyl sites for hydroxylation is 1. The maximum absolute atomic E-state index is 11.8. The number of amides is 1. The normalized spacial score (nSPS) is 10.2.